The van der Waals surface area contributed by atoms with E-state index in [0.29, 0.717) is 30.2 Å². The van der Waals surface area contributed by atoms with E-state index in [4.69, 9.17) is 9.47 Å². The van der Waals surface area contributed by atoms with Crippen molar-refractivity contribution in [2.45, 2.75) is 97.4 Å². The number of nitrogens with one attached hydrogen (secondary N) is 1. The summed E-state index contributed by atoms with van der Waals surface area (Å²) in [6, 6.07) is 13.4. The molecule has 40 heavy (non-hydrogen) atoms. The van der Waals surface area contributed by atoms with Gasteiger partial charge in [-0.1, -0.05) is 113 Å². The molecule has 220 valence electrons. The van der Waals surface area contributed by atoms with Crippen LogP contribution in [-0.4, -0.2) is 19.6 Å². The van der Waals surface area contributed by atoms with Gasteiger partial charge >= 0.3 is 0 Å². The Balaban J connectivity index is 0.00000560. The minimum Gasteiger partial charge on any atom is -1.00 e. The molecule has 1 heterocycles. The molecule has 7 heteroatoms. The lowest BCUT2D eigenvalue weighted by Gasteiger charge is -2.16. The van der Waals surface area contributed by atoms with Crippen molar-refractivity contribution in [3.63, 3.8) is 0 Å². The van der Waals surface area contributed by atoms with Crippen LogP contribution < -0.4 is 36.3 Å². The molecule has 0 aliphatic carbocycles. The van der Waals surface area contributed by atoms with Crippen molar-refractivity contribution in [2.24, 2.45) is 0 Å². The molecule has 0 fully saturated rings. The second-order valence-corrected chi connectivity index (χ2v) is 11.3. The summed E-state index contributed by atoms with van der Waals surface area (Å²) in [4.78, 5) is 13.4. The number of aromatic nitrogens is 1. The standard InChI is InChI=1S/C33H46N2O3S.BrH/c1-4-5-6-7-8-9-10-11-12-13-14-17-24-38-32-29(20-18-22-31(32)37-3)33(36)34-30-21-16-15-19-28(30)26-35-23-25-39-27(35)2;/h15-16,18-23,25H,4-14,17,24,26H2,1-3H3;1H. The number of aryl methyl sites for hydroxylation is 1. The Morgan fingerprint density at radius 3 is 2.15 bits per heavy atom. The normalized spacial score (nSPS) is 10.7. The van der Waals surface area contributed by atoms with Gasteiger partial charge in [0.25, 0.3) is 5.91 Å². The lowest BCUT2D eigenvalue weighted by atomic mass is 10.1. The Labute approximate surface area is 256 Å². The fourth-order valence-corrected chi connectivity index (χ4v) is 5.48. The average molecular weight is 632 g/mol. The van der Waals surface area contributed by atoms with E-state index in [2.05, 4.69) is 41.4 Å². The maximum absolute atomic E-state index is 13.4. The number of para-hydroxylation sites is 2. The summed E-state index contributed by atoms with van der Waals surface area (Å²) in [6.45, 7) is 5.64. The molecule has 0 aliphatic heterocycles. The molecule has 5 nitrogen and oxygen atoms in total. The van der Waals surface area contributed by atoms with Gasteiger partial charge in [-0.05, 0) is 24.6 Å². The van der Waals surface area contributed by atoms with Crippen molar-refractivity contribution in [3.8, 4) is 11.5 Å². The molecule has 0 bridgehead atoms. The Kier molecular flexibility index (Phi) is 16.6. The zero-order valence-electron chi connectivity index (χ0n) is 24.6. The number of unbranched alkanes of at least 4 members (excludes halogenated alkanes) is 11. The number of methoxy groups -OCH3 is 1. The van der Waals surface area contributed by atoms with E-state index in [1.165, 1.54) is 69.2 Å². The fraction of sp³-hybridized carbons (Fsp3) is 0.515. The number of benzene rings is 2. The van der Waals surface area contributed by atoms with Crippen LogP contribution in [-0.2, 0) is 6.54 Å². The maximum Gasteiger partial charge on any atom is 0.259 e. The van der Waals surface area contributed by atoms with Gasteiger partial charge in [-0.25, -0.2) is 0 Å². The van der Waals surface area contributed by atoms with E-state index in [1.807, 2.05) is 30.3 Å². The lowest BCUT2D eigenvalue weighted by molar-refractivity contribution is -0.689. The third kappa shape index (κ3) is 11.2. The highest BCUT2D eigenvalue weighted by atomic mass is 79.9. The molecule has 0 unspecified atom stereocenters. The van der Waals surface area contributed by atoms with Crippen molar-refractivity contribution in [1.82, 2.24) is 0 Å². The number of nitrogens with zero attached hydrogens (tertiary/aromatic N) is 1. The molecule has 0 radical (unpaired) electrons. The predicted molar refractivity (Wildman–Crippen MR) is 162 cm³/mol. The number of anilines is 1. The minimum atomic E-state index is -0.196. The van der Waals surface area contributed by atoms with Crippen LogP contribution in [0.4, 0.5) is 5.69 Å². The highest BCUT2D eigenvalue weighted by Gasteiger charge is 2.19. The van der Waals surface area contributed by atoms with Crippen molar-refractivity contribution < 1.29 is 35.8 Å². The van der Waals surface area contributed by atoms with E-state index >= 15 is 0 Å². The lowest BCUT2D eigenvalue weighted by Crippen LogP contribution is -3.00. The van der Waals surface area contributed by atoms with Gasteiger partial charge in [0.05, 0.1) is 30.3 Å². The van der Waals surface area contributed by atoms with Crippen LogP contribution in [0.1, 0.15) is 105 Å². The number of carbonyl (C=O) groups is 1. The topological polar surface area (TPSA) is 51.4 Å². The number of ether oxygens (including phenoxy) is 2. The van der Waals surface area contributed by atoms with E-state index in [0.717, 1.165) is 24.1 Å². The second-order valence-electron chi connectivity index (χ2n) is 10.2. The molecule has 0 saturated heterocycles. The third-order valence-electron chi connectivity index (χ3n) is 7.18. The average Bonchev–Trinajstić information content (AvgIpc) is 3.36. The summed E-state index contributed by atoms with van der Waals surface area (Å²) in [5, 5.41) is 6.41. The number of halogens is 1. The third-order valence-corrected chi connectivity index (χ3v) is 8.01. The number of hydrogen-bond acceptors (Lipinski definition) is 4. The zero-order chi connectivity index (χ0) is 27.7. The van der Waals surface area contributed by atoms with E-state index in [9.17, 15) is 4.79 Å². The van der Waals surface area contributed by atoms with Crippen LogP contribution in [0.5, 0.6) is 11.5 Å². The van der Waals surface area contributed by atoms with Crippen LogP contribution >= 0.6 is 11.3 Å². The summed E-state index contributed by atoms with van der Waals surface area (Å²) in [6.07, 6.45) is 17.7. The molecule has 1 aromatic heterocycles. The molecular formula is C33H47BrN2O3S. The Hall–Kier alpha value is -2.38. The second kappa shape index (κ2) is 19.7. The Morgan fingerprint density at radius 1 is 0.875 bits per heavy atom. The Bertz CT molecular complexity index is 1130. The predicted octanol–water partition coefficient (Wildman–Crippen LogP) is 5.74. The van der Waals surface area contributed by atoms with Gasteiger partial charge in [0.1, 0.15) is 0 Å². The van der Waals surface area contributed by atoms with Crippen molar-refractivity contribution in [1.29, 1.82) is 0 Å². The van der Waals surface area contributed by atoms with E-state index in [1.54, 1.807) is 24.5 Å². The first-order chi connectivity index (χ1) is 19.1. The molecular weight excluding hydrogens is 584 g/mol. The smallest absolute Gasteiger partial charge is 0.259 e. The first-order valence-electron chi connectivity index (χ1n) is 14.8. The molecule has 0 atom stereocenters. The van der Waals surface area contributed by atoms with Gasteiger partial charge in [0.2, 0.25) is 5.01 Å². The van der Waals surface area contributed by atoms with Crippen LogP contribution in [0.15, 0.2) is 54.0 Å². The number of thiazole rings is 1. The number of amides is 1. The summed E-state index contributed by atoms with van der Waals surface area (Å²) >= 11 is 1.71. The minimum absolute atomic E-state index is 0. The molecule has 0 spiro atoms. The SMILES string of the molecule is CCCCCCCCCCCCCCOc1c(OC)cccc1C(=O)Nc1ccccc1C[n+]1ccsc1C.[Br-]. The van der Waals surface area contributed by atoms with Crippen molar-refractivity contribution in [3.05, 3.63) is 70.2 Å². The van der Waals surface area contributed by atoms with Crippen LogP contribution in [0, 0.1) is 6.92 Å². The first-order valence-corrected chi connectivity index (χ1v) is 15.6. The molecule has 0 aliphatic rings. The van der Waals surface area contributed by atoms with Gasteiger partial charge in [-0.15, -0.1) is 0 Å². The molecule has 1 N–H and O–H groups in total. The van der Waals surface area contributed by atoms with Gasteiger partial charge < -0.3 is 31.8 Å². The summed E-state index contributed by atoms with van der Waals surface area (Å²) in [5.41, 5.74) is 2.34. The summed E-state index contributed by atoms with van der Waals surface area (Å²) in [5.74, 6) is 0.901. The summed E-state index contributed by atoms with van der Waals surface area (Å²) < 4.78 is 13.9. The van der Waals surface area contributed by atoms with Crippen molar-refractivity contribution in [2.75, 3.05) is 19.0 Å². The number of hydrogen-bond donors (Lipinski definition) is 1. The Morgan fingerprint density at radius 2 is 1.52 bits per heavy atom. The largest absolute Gasteiger partial charge is 1.00 e. The molecule has 3 aromatic rings. The first kappa shape index (κ1) is 33.8. The summed E-state index contributed by atoms with van der Waals surface area (Å²) in [7, 11) is 1.61. The molecule has 2 aromatic carbocycles. The van der Waals surface area contributed by atoms with E-state index in [-0.39, 0.29) is 22.9 Å². The monoisotopic (exact) mass is 630 g/mol. The van der Waals surface area contributed by atoms with Gasteiger partial charge in [0.15, 0.2) is 24.2 Å². The molecule has 3 rings (SSSR count). The highest BCUT2D eigenvalue weighted by Crippen LogP contribution is 2.32. The van der Waals surface area contributed by atoms with Crippen LogP contribution in [0.2, 0.25) is 0 Å². The highest BCUT2D eigenvalue weighted by molar-refractivity contribution is 7.09. The van der Waals surface area contributed by atoms with Crippen LogP contribution in [0.3, 0.4) is 0 Å². The number of carbonyl (C=O) groups excluding carboxylic acids is 1. The maximum atomic E-state index is 13.4. The molecule has 0 saturated carbocycles. The number of rotatable bonds is 19. The van der Waals surface area contributed by atoms with Crippen LogP contribution in [0.25, 0.3) is 0 Å². The zero-order valence-corrected chi connectivity index (χ0v) is 27.0. The quantitative estimate of drug-likeness (QED) is 0.136. The van der Waals surface area contributed by atoms with Crippen molar-refractivity contribution >= 4 is 22.9 Å². The fourth-order valence-electron chi connectivity index (χ4n) is 4.81. The van der Waals surface area contributed by atoms with Gasteiger partial charge in [0, 0.05) is 12.5 Å². The van der Waals surface area contributed by atoms with Gasteiger partial charge in [-0.2, -0.15) is 4.57 Å². The van der Waals surface area contributed by atoms with Gasteiger partial charge in [-0.3, -0.25) is 4.79 Å². The molecule has 1 amide bonds. The van der Waals surface area contributed by atoms with E-state index < -0.39 is 0 Å².